The third-order valence-electron chi connectivity index (χ3n) is 3.70. The summed E-state index contributed by atoms with van der Waals surface area (Å²) in [6, 6.07) is 2.00. The Morgan fingerprint density at radius 2 is 1.89 bits per heavy atom. The van der Waals surface area contributed by atoms with Gasteiger partial charge in [0.2, 0.25) is 5.75 Å². The zero-order valence-electron chi connectivity index (χ0n) is 12.2. The molecule has 0 fully saturated rings. The number of fused-ring (bicyclic) bond motifs is 1. The standard InChI is InChI=1S/C15H23NO3/c1-5-6-10-7-11-12(16-9-10)8-13(17-2)15(19-4)14(11)18-3/h8,10,16H,5-7,9H2,1-4H3. The van der Waals surface area contributed by atoms with Crippen LogP contribution in [0, 0.1) is 5.92 Å². The van der Waals surface area contributed by atoms with E-state index in [1.54, 1.807) is 21.3 Å². The smallest absolute Gasteiger partial charge is 0.203 e. The van der Waals surface area contributed by atoms with E-state index in [0.717, 1.165) is 24.4 Å². The first kappa shape index (κ1) is 13.8. The number of hydrogen-bond acceptors (Lipinski definition) is 4. The van der Waals surface area contributed by atoms with Gasteiger partial charge < -0.3 is 19.5 Å². The Bertz CT molecular complexity index is 446. The number of ether oxygens (including phenoxy) is 3. The molecule has 0 aromatic heterocycles. The highest BCUT2D eigenvalue weighted by Gasteiger charge is 2.26. The minimum Gasteiger partial charge on any atom is -0.493 e. The lowest BCUT2D eigenvalue weighted by Crippen LogP contribution is -2.23. The first-order valence-electron chi connectivity index (χ1n) is 6.80. The van der Waals surface area contributed by atoms with Crippen LogP contribution in [0.15, 0.2) is 6.07 Å². The van der Waals surface area contributed by atoms with Crippen LogP contribution in [0.3, 0.4) is 0 Å². The second-order valence-corrected chi connectivity index (χ2v) is 4.91. The van der Waals surface area contributed by atoms with Crippen molar-refractivity contribution < 1.29 is 14.2 Å². The topological polar surface area (TPSA) is 39.7 Å². The molecular formula is C15H23NO3. The number of anilines is 1. The summed E-state index contributed by atoms with van der Waals surface area (Å²) in [5.41, 5.74) is 2.30. The van der Waals surface area contributed by atoms with Gasteiger partial charge in [-0.05, 0) is 18.8 Å². The molecule has 0 saturated heterocycles. The lowest BCUT2D eigenvalue weighted by molar-refractivity contribution is 0.320. The van der Waals surface area contributed by atoms with Crippen LogP contribution in [0.5, 0.6) is 17.2 Å². The average Bonchev–Trinajstić information content (AvgIpc) is 2.45. The van der Waals surface area contributed by atoms with Crippen molar-refractivity contribution >= 4 is 5.69 Å². The third-order valence-corrected chi connectivity index (χ3v) is 3.70. The largest absolute Gasteiger partial charge is 0.493 e. The highest BCUT2D eigenvalue weighted by Crippen LogP contribution is 2.46. The lowest BCUT2D eigenvalue weighted by Gasteiger charge is -2.29. The van der Waals surface area contributed by atoms with Crippen molar-refractivity contribution in [3.63, 3.8) is 0 Å². The fourth-order valence-electron chi connectivity index (χ4n) is 2.80. The molecule has 1 unspecified atom stereocenters. The van der Waals surface area contributed by atoms with Crippen LogP contribution >= 0.6 is 0 Å². The van der Waals surface area contributed by atoms with Crippen LogP contribution in [-0.2, 0) is 6.42 Å². The fourth-order valence-corrected chi connectivity index (χ4v) is 2.80. The summed E-state index contributed by atoms with van der Waals surface area (Å²) in [7, 11) is 4.97. The van der Waals surface area contributed by atoms with Crippen molar-refractivity contribution in [3.05, 3.63) is 11.6 Å². The van der Waals surface area contributed by atoms with Gasteiger partial charge in [-0.2, -0.15) is 0 Å². The van der Waals surface area contributed by atoms with Crippen molar-refractivity contribution in [2.45, 2.75) is 26.2 Å². The number of nitrogens with one attached hydrogen (secondary N) is 1. The number of methoxy groups -OCH3 is 3. The summed E-state index contributed by atoms with van der Waals surface area (Å²) in [6.07, 6.45) is 3.46. The van der Waals surface area contributed by atoms with Gasteiger partial charge in [0.05, 0.1) is 21.3 Å². The minimum atomic E-state index is 0.657. The van der Waals surface area contributed by atoms with E-state index in [2.05, 4.69) is 12.2 Å². The second-order valence-electron chi connectivity index (χ2n) is 4.91. The van der Waals surface area contributed by atoms with E-state index in [1.165, 1.54) is 18.4 Å². The fraction of sp³-hybridized carbons (Fsp3) is 0.600. The van der Waals surface area contributed by atoms with Crippen molar-refractivity contribution in [2.24, 2.45) is 5.92 Å². The van der Waals surface area contributed by atoms with Gasteiger partial charge in [-0.15, -0.1) is 0 Å². The lowest BCUT2D eigenvalue weighted by atomic mass is 9.89. The highest BCUT2D eigenvalue weighted by atomic mass is 16.5. The maximum Gasteiger partial charge on any atom is 0.203 e. The first-order chi connectivity index (χ1) is 9.24. The van der Waals surface area contributed by atoms with Gasteiger partial charge in [0.1, 0.15) is 0 Å². The predicted molar refractivity (Wildman–Crippen MR) is 76.7 cm³/mol. The predicted octanol–water partition coefficient (Wildman–Crippen LogP) is 3.10. The van der Waals surface area contributed by atoms with Gasteiger partial charge in [-0.25, -0.2) is 0 Å². The quantitative estimate of drug-likeness (QED) is 0.888. The van der Waals surface area contributed by atoms with E-state index < -0.39 is 0 Å². The summed E-state index contributed by atoms with van der Waals surface area (Å²) in [4.78, 5) is 0. The third kappa shape index (κ3) is 2.57. The van der Waals surface area contributed by atoms with Crippen LogP contribution in [-0.4, -0.2) is 27.9 Å². The molecular weight excluding hydrogens is 242 g/mol. The zero-order valence-corrected chi connectivity index (χ0v) is 12.2. The molecule has 2 rings (SSSR count). The molecule has 4 heteroatoms. The molecule has 1 atom stereocenters. The molecule has 1 aliphatic rings. The van der Waals surface area contributed by atoms with E-state index >= 15 is 0 Å². The van der Waals surface area contributed by atoms with Gasteiger partial charge in [0.15, 0.2) is 11.5 Å². The van der Waals surface area contributed by atoms with Gasteiger partial charge in [-0.1, -0.05) is 13.3 Å². The maximum absolute atomic E-state index is 5.56. The van der Waals surface area contributed by atoms with Crippen molar-refractivity contribution in [3.8, 4) is 17.2 Å². The van der Waals surface area contributed by atoms with Crippen LogP contribution in [0.1, 0.15) is 25.3 Å². The summed E-state index contributed by atoms with van der Waals surface area (Å²) >= 11 is 0. The average molecular weight is 265 g/mol. The Morgan fingerprint density at radius 1 is 1.16 bits per heavy atom. The SMILES string of the molecule is CCCC1CNc2cc(OC)c(OC)c(OC)c2C1. The normalized spacial score (nSPS) is 17.4. The highest BCUT2D eigenvalue weighted by molar-refractivity contribution is 5.69. The number of rotatable bonds is 5. The molecule has 0 aliphatic carbocycles. The first-order valence-corrected chi connectivity index (χ1v) is 6.80. The Kier molecular flexibility index (Phi) is 4.40. The molecule has 0 bridgehead atoms. The Balaban J connectivity index is 2.43. The van der Waals surface area contributed by atoms with E-state index in [4.69, 9.17) is 14.2 Å². The van der Waals surface area contributed by atoms with Gasteiger partial charge in [-0.3, -0.25) is 0 Å². The Hall–Kier alpha value is -1.58. The van der Waals surface area contributed by atoms with E-state index in [-0.39, 0.29) is 0 Å². The molecule has 1 aromatic rings. The number of benzene rings is 1. The summed E-state index contributed by atoms with van der Waals surface area (Å²) in [5, 5.41) is 3.48. The molecule has 0 saturated carbocycles. The van der Waals surface area contributed by atoms with E-state index in [9.17, 15) is 0 Å². The minimum absolute atomic E-state index is 0.657. The molecule has 1 N–H and O–H groups in total. The van der Waals surface area contributed by atoms with E-state index in [0.29, 0.717) is 17.4 Å². The second kappa shape index (κ2) is 6.04. The molecule has 19 heavy (non-hydrogen) atoms. The summed E-state index contributed by atoms with van der Waals surface area (Å²) < 4.78 is 16.4. The van der Waals surface area contributed by atoms with Crippen LogP contribution in [0.25, 0.3) is 0 Å². The molecule has 4 nitrogen and oxygen atoms in total. The van der Waals surface area contributed by atoms with Crippen molar-refractivity contribution in [1.82, 2.24) is 0 Å². The number of hydrogen-bond donors (Lipinski definition) is 1. The molecule has 0 spiro atoms. The monoisotopic (exact) mass is 265 g/mol. The molecule has 0 amide bonds. The maximum atomic E-state index is 5.56. The van der Waals surface area contributed by atoms with Crippen molar-refractivity contribution in [2.75, 3.05) is 33.2 Å². The molecule has 1 aliphatic heterocycles. The zero-order chi connectivity index (χ0) is 13.8. The molecule has 0 radical (unpaired) electrons. The summed E-state index contributed by atoms with van der Waals surface area (Å²) in [6.45, 7) is 3.24. The van der Waals surface area contributed by atoms with Crippen LogP contribution < -0.4 is 19.5 Å². The van der Waals surface area contributed by atoms with Crippen LogP contribution in [0.4, 0.5) is 5.69 Å². The Labute approximate surface area is 115 Å². The van der Waals surface area contributed by atoms with Crippen LogP contribution in [0.2, 0.25) is 0 Å². The molecule has 1 heterocycles. The van der Waals surface area contributed by atoms with E-state index in [1.807, 2.05) is 6.07 Å². The molecule has 106 valence electrons. The molecule has 1 aromatic carbocycles. The van der Waals surface area contributed by atoms with Crippen molar-refractivity contribution in [1.29, 1.82) is 0 Å². The van der Waals surface area contributed by atoms with Gasteiger partial charge in [0, 0.05) is 23.9 Å². The summed E-state index contributed by atoms with van der Waals surface area (Å²) in [5.74, 6) is 2.84. The Morgan fingerprint density at radius 3 is 2.47 bits per heavy atom. The van der Waals surface area contributed by atoms with Gasteiger partial charge >= 0.3 is 0 Å². The van der Waals surface area contributed by atoms with Gasteiger partial charge in [0.25, 0.3) is 0 Å².